The summed E-state index contributed by atoms with van der Waals surface area (Å²) < 4.78 is 5.21. The lowest BCUT2D eigenvalue weighted by atomic mass is 10.2. The fourth-order valence-electron chi connectivity index (χ4n) is 2.12. The lowest BCUT2D eigenvalue weighted by molar-refractivity contribution is -0.127. The molecular formula is C15H17ClN4O2. The molecule has 0 radical (unpaired) electrons. The Morgan fingerprint density at radius 2 is 2.23 bits per heavy atom. The first-order chi connectivity index (χ1) is 10.7. The highest BCUT2D eigenvalue weighted by Crippen LogP contribution is 2.27. The number of hydrogen-bond donors (Lipinski definition) is 2. The molecule has 1 aliphatic heterocycles. The van der Waals surface area contributed by atoms with E-state index in [0.717, 1.165) is 13.1 Å². The summed E-state index contributed by atoms with van der Waals surface area (Å²) in [5.41, 5.74) is 0.639. The van der Waals surface area contributed by atoms with E-state index in [1.165, 1.54) is 13.3 Å². The third kappa shape index (κ3) is 3.91. The first kappa shape index (κ1) is 16.1. The second kappa shape index (κ2) is 7.69. The summed E-state index contributed by atoms with van der Waals surface area (Å²) in [4.78, 5) is 13.9. The molecule has 0 atom stereocenters. The van der Waals surface area contributed by atoms with Crippen molar-refractivity contribution in [2.24, 2.45) is 0 Å². The lowest BCUT2D eigenvalue weighted by Crippen LogP contribution is -2.46. The maximum Gasteiger partial charge on any atom is 0.266 e. The topological polar surface area (TPSA) is 77.4 Å². The highest BCUT2D eigenvalue weighted by atomic mass is 35.5. The number of nitrogens with one attached hydrogen (secondary N) is 2. The molecule has 1 saturated heterocycles. The Balaban J connectivity index is 2.14. The van der Waals surface area contributed by atoms with Gasteiger partial charge in [-0.15, -0.1) is 0 Å². The number of halogens is 1. The number of carbonyl (C=O) groups excluding carboxylic acids is 1. The van der Waals surface area contributed by atoms with Gasteiger partial charge in [0.05, 0.1) is 12.8 Å². The summed E-state index contributed by atoms with van der Waals surface area (Å²) in [6, 6.07) is 7.01. The number of ether oxygens (including phenoxy) is 1. The monoisotopic (exact) mass is 320 g/mol. The van der Waals surface area contributed by atoms with Gasteiger partial charge in [0, 0.05) is 37.4 Å². The Morgan fingerprint density at radius 1 is 1.50 bits per heavy atom. The van der Waals surface area contributed by atoms with Crippen LogP contribution in [0.5, 0.6) is 5.75 Å². The Kier molecular flexibility index (Phi) is 5.64. The Hall–Kier alpha value is -2.23. The molecule has 0 aliphatic carbocycles. The summed E-state index contributed by atoms with van der Waals surface area (Å²) >= 11 is 5.94. The standard InChI is InChI=1S/C15H17ClN4O2/c1-22-14-3-2-12(16)8-13(14)19-10-11(9-17)15(21)20-6-4-18-5-7-20/h2-3,8,10,18-19H,4-7H2,1H3/b11-10-. The third-order valence-electron chi connectivity index (χ3n) is 3.29. The lowest BCUT2D eigenvalue weighted by Gasteiger charge is -2.27. The molecule has 2 rings (SSSR count). The van der Waals surface area contributed by atoms with Crippen molar-refractivity contribution in [3.05, 3.63) is 35.0 Å². The number of amides is 1. The van der Waals surface area contributed by atoms with Gasteiger partial charge in [-0.2, -0.15) is 5.26 Å². The van der Waals surface area contributed by atoms with Crippen LogP contribution in [0.4, 0.5) is 5.69 Å². The van der Waals surface area contributed by atoms with Gasteiger partial charge in [0.25, 0.3) is 5.91 Å². The van der Waals surface area contributed by atoms with E-state index in [9.17, 15) is 10.1 Å². The maximum absolute atomic E-state index is 12.3. The molecule has 0 spiro atoms. The molecule has 6 nitrogen and oxygen atoms in total. The normalized spacial score (nSPS) is 15.1. The first-order valence-electron chi connectivity index (χ1n) is 6.86. The van der Waals surface area contributed by atoms with E-state index in [0.29, 0.717) is 29.5 Å². The molecule has 7 heteroatoms. The number of piperazine rings is 1. The molecule has 0 saturated carbocycles. The highest BCUT2D eigenvalue weighted by Gasteiger charge is 2.20. The molecule has 1 aromatic rings. The molecule has 1 heterocycles. The number of rotatable bonds is 4. The van der Waals surface area contributed by atoms with Gasteiger partial charge >= 0.3 is 0 Å². The number of carbonyl (C=O) groups is 1. The van der Waals surface area contributed by atoms with Crippen LogP contribution in [0.3, 0.4) is 0 Å². The van der Waals surface area contributed by atoms with Gasteiger partial charge in [0.1, 0.15) is 17.4 Å². The summed E-state index contributed by atoms with van der Waals surface area (Å²) in [7, 11) is 1.54. The first-order valence-corrected chi connectivity index (χ1v) is 7.24. The van der Waals surface area contributed by atoms with Crippen molar-refractivity contribution in [1.82, 2.24) is 10.2 Å². The number of anilines is 1. The minimum atomic E-state index is -0.280. The fourth-order valence-corrected chi connectivity index (χ4v) is 2.30. The molecule has 1 aromatic carbocycles. The summed E-state index contributed by atoms with van der Waals surface area (Å²) in [6.07, 6.45) is 1.39. The summed E-state index contributed by atoms with van der Waals surface area (Å²) in [5, 5.41) is 15.8. The largest absolute Gasteiger partial charge is 0.495 e. The predicted octanol–water partition coefficient (Wildman–Crippen LogP) is 1.60. The number of nitrogens with zero attached hydrogens (tertiary/aromatic N) is 2. The van der Waals surface area contributed by atoms with Crippen LogP contribution in [0.25, 0.3) is 0 Å². The Labute approximate surface area is 134 Å². The minimum Gasteiger partial charge on any atom is -0.495 e. The van der Waals surface area contributed by atoms with Crippen LogP contribution in [0, 0.1) is 11.3 Å². The maximum atomic E-state index is 12.3. The molecule has 0 unspecified atom stereocenters. The van der Waals surface area contributed by atoms with Gasteiger partial charge in [-0.1, -0.05) is 11.6 Å². The van der Waals surface area contributed by atoms with E-state index in [4.69, 9.17) is 16.3 Å². The van der Waals surface area contributed by atoms with E-state index in [1.54, 1.807) is 23.1 Å². The van der Waals surface area contributed by atoms with Crippen LogP contribution in [0.2, 0.25) is 5.02 Å². The van der Waals surface area contributed by atoms with Crippen LogP contribution in [0.15, 0.2) is 30.0 Å². The number of methoxy groups -OCH3 is 1. The van der Waals surface area contributed by atoms with Crippen LogP contribution in [-0.2, 0) is 4.79 Å². The van der Waals surface area contributed by atoms with E-state index >= 15 is 0 Å². The number of nitriles is 1. The minimum absolute atomic E-state index is 0.0453. The zero-order valence-electron chi connectivity index (χ0n) is 12.2. The van der Waals surface area contributed by atoms with Gasteiger partial charge in [0.15, 0.2) is 0 Å². The Bertz CT molecular complexity index is 618. The van der Waals surface area contributed by atoms with Crippen molar-refractivity contribution in [3.8, 4) is 11.8 Å². The van der Waals surface area contributed by atoms with Gasteiger partial charge in [-0.25, -0.2) is 0 Å². The van der Waals surface area contributed by atoms with Crippen LogP contribution >= 0.6 is 11.6 Å². The van der Waals surface area contributed by atoms with Gasteiger partial charge < -0.3 is 20.3 Å². The molecule has 22 heavy (non-hydrogen) atoms. The number of hydrogen-bond acceptors (Lipinski definition) is 5. The van der Waals surface area contributed by atoms with E-state index in [2.05, 4.69) is 10.6 Å². The number of benzene rings is 1. The molecule has 1 fully saturated rings. The zero-order chi connectivity index (χ0) is 15.9. The van der Waals surface area contributed by atoms with E-state index in [-0.39, 0.29) is 11.5 Å². The van der Waals surface area contributed by atoms with Crippen molar-refractivity contribution in [2.75, 3.05) is 38.6 Å². The van der Waals surface area contributed by atoms with Crippen molar-refractivity contribution < 1.29 is 9.53 Å². The van der Waals surface area contributed by atoms with E-state index < -0.39 is 0 Å². The summed E-state index contributed by atoms with van der Waals surface area (Å²) in [5.74, 6) is 0.296. The molecular weight excluding hydrogens is 304 g/mol. The molecule has 116 valence electrons. The third-order valence-corrected chi connectivity index (χ3v) is 3.52. The van der Waals surface area contributed by atoms with E-state index in [1.807, 2.05) is 6.07 Å². The Morgan fingerprint density at radius 3 is 2.86 bits per heavy atom. The smallest absolute Gasteiger partial charge is 0.266 e. The molecule has 2 N–H and O–H groups in total. The average Bonchev–Trinajstić information content (AvgIpc) is 2.56. The van der Waals surface area contributed by atoms with Crippen molar-refractivity contribution in [3.63, 3.8) is 0 Å². The van der Waals surface area contributed by atoms with Crippen LogP contribution < -0.4 is 15.4 Å². The van der Waals surface area contributed by atoms with Gasteiger partial charge in [0.2, 0.25) is 0 Å². The molecule has 0 bridgehead atoms. The average molecular weight is 321 g/mol. The van der Waals surface area contributed by atoms with Crippen molar-refractivity contribution >= 4 is 23.2 Å². The quantitative estimate of drug-likeness (QED) is 0.651. The molecule has 1 aliphatic rings. The van der Waals surface area contributed by atoms with Crippen LogP contribution in [0.1, 0.15) is 0 Å². The van der Waals surface area contributed by atoms with Crippen LogP contribution in [-0.4, -0.2) is 44.1 Å². The second-order valence-corrected chi connectivity index (χ2v) is 5.14. The highest BCUT2D eigenvalue weighted by molar-refractivity contribution is 6.30. The molecule has 1 amide bonds. The second-order valence-electron chi connectivity index (χ2n) is 4.70. The van der Waals surface area contributed by atoms with Gasteiger partial charge in [-0.05, 0) is 18.2 Å². The van der Waals surface area contributed by atoms with Gasteiger partial charge in [-0.3, -0.25) is 4.79 Å². The summed E-state index contributed by atoms with van der Waals surface area (Å²) in [6.45, 7) is 2.66. The van der Waals surface area contributed by atoms with Crippen molar-refractivity contribution in [2.45, 2.75) is 0 Å². The predicted molar refractivity (Wildman–Crippen MR) is 84.8 cm³/mol. The zero-order valence-corrected chi connectivity index (χ0v) is 13.0. The fraction of sp³-hybridized carbons (Fsp3) is 0.333. The van der Waals surface area contributed by atoms with Crippen molar-refractivity contribution in [1.29, 1.82) is 5.26 Å². The molecule has 0 aromatic heterocycles. The SMILES string of the molecule is COc1ccc(Cl)cc1N/C=C(/C#N)C(=O)N1CCNCC1.